The van der Waals surface area contributed by atoms with Gasteiger partial charge in [0, 0.05) is 0 Å². The summed E-state index contributed by atoms with van der Waals surface area (Å²) in [5.74, 6) is 0. The van der Waals surface area contributed by atoms with Crippen LogP contribution in [0.4, 0.5) is 0 Å². The largest absolute Gasteiger partial charge is 0.394 e. The van der Waals surface area contributed by atoms with E-state index in [0.717, 1.165) is 0 Å². The SMILES string of the molecule is OCCOn1cccn1. The molecule has 0 atom stereocenters. The van der Waals surface area contributed by atoms with Crippen LogP contribution in [0.5, 0.6) is 0 Å². The molecule has 0 aliphatic heterocycles. The van der Waals surface area contributed by atoms with Crippen molar-refractivity contribution in [1.29, 1.82) is 0 Å². The van der Waals surface area contributed by atoms with Crippen molar-refractivity contribution in [3.05, 3.63) is 18.5 Å². The van der Waals surface area contributed by atoms with Gasteiger partial charge in [-0.05, 0) is 6.07 Å². The molecule has 0 saturated heterocycles. The summed E-state index contributed by atoms with van der Waals surface area (Å²) >= 11 is 0. The van der Waals surface area contributed by atoms with E-state index in [1.807, 2.05) is 0 Å². The van der Waals surface area contributed by atoms with E-state index in [4.69, 9.17) is 9.94 Å². The Morgan fingerprint density at radius 3 is 3.11 bits per heavy atom. The second-order valence-electron chi connectivity index (χ2n) is 1.47. The molecule has 1 N–H and O–H groups in total. The molecule has 50 valence electrons. The van der Waals surface area contributed by atoms with Gasteiger partial charge in [-0.3, -0.25) is 0 Å². The van der Waals surface area contributed by atoms with Crippen LogP contribution in [0.3, 0.4) is 0 Å². The van der Waals surface area contributed by atoms with Crippen LogP contribution in [0.1, 0.15) is 0 Å². The summed E-state index contributed by atoms with van der Waals surface area (Å²) in [6, 6.07) is 1.75. The molecule has 4 heteroatoms. The molecule has 9 heavy (non-hydrogen) atoms. The molecule has 4 nitrogen and oxygen atoms in total. The summed E-state index contributed by atoms with van der Waals surface area (Å²) in [5.41, 5.74) is 0. The van der Waals surface area contributed by atoms with Gasteiger partial charge in [0.05, 0.1) is 19.0 Å². The molecule has 1 rings (SSSR count). The van der Waals surface area contributed by atoms with Crippen molar-refractivity contribution >= 4 is 0 Å². The van der Waals surface area contributed by atoms with Gasteiger partial charge in [-0.25, -0.2) is 0 Å². The molecule has 1 aromatic rings. The van der Waals surface area contributed by atoms with Crippen LogP contribution in [0, 0.1) is 0 Å². The highest BCUT2D eigenvalue weighted by Crippen LogP contribution is 1.77. The van der Waals surface area contributed by atoms with Crippen molar-refractivity contribution in [2.75, 3.05) is 13.2 Å². The first-order chi connectivity index (χ1) is 4.43. The average Bonchev–Trinajstić information content (AvgIpc) is 2.34. The summed E-state index contributed by atoms with van der Waals surface area (Å²) in [7, 11) is 0. The number of aromatic nitrogens is 2. The molecule has 0 radical (unpaired) electrons. The fourth-order valence-corrected chi connectivity index (χ4v) is 0.466. The second-order valence-corrected chi connectivity index (χ2v) is 1.47. The third-order valence-corrected chi connectivity index (χ3v) is 0.795. The summed E-state index contributed by atoms with van der Waals surface area (Å²) in [4.78, 5) is 6.15. The maximum Gasteiger partial charge on any atom is 0.140 e. The number of aliphatic hydroxyl groups excluding tert-OH is 1. The van der Waals surface area contributed by atoms with Crippen LogP contribution < -0.4 is 4.84 Å². The average molecular weight is 128 g/mol. The molecule has 1 aromatic heterocycles. The molecule has 0 aliphatic rings. The monoisotopic (exact) mass is 128 g/mol. The molecule has 0 bridgehead atoms. The molecule has 1 heterocycles. The minimum absolute atomic E-state index is 0.0137. The molecular weight excluding hydrogens is 120 g/mol. The summed E-state index contributed by atoms with van der Waals surface area (Å²) in [6.07, 6.45) is 3.27. The van der Waals surface area contributed by atoms with E-state index in [1.54, 1.807) is 18.5 Å². The normalized spacial score (nSPS) is 9.44. The van der Waals surface area contributed by atoms with Gasteiger partial charge in [-0.1, -0.05) is 0 Å². The van der Waals surface area contributed by atoms with Crippen LogP contribution >= 0.6 is 0 Å². The molecule has 0 spiro atoms. The lowest BCUT2D eigenvalue weighted by Crippen LogP contribution is -2.15. The lowest BCUT2D eigenvalue weighted by Gasteiger charge is -1.99. The molecule has 0 saturated carbocycles. The predicted octanol–water partition coefficient (Wildman–Crippen LogP) is -0.696. The van der Waals surface area contributed by atoms with Crippen LogP contribution in [0.15, 0.2) is 18.5 Å². The van der Waals surface area contributed by atoms with Crippen LogP contribution in [-0.4, -0.2) is 28.3 Å². The van der Waals surface area contributed by atoms with E-state index < -0.39 is 0 Å². The Kier molecular flexibility index (Phi) is 2.09. The quantitative estimate of drug-likeness (QED) is 0.585. The summed E-state index contributed by atoms with van der Waals surface area (Å²) in [6.45, 7) is 0.293. The zero-order chi connectivity index (χ0) is 6.53. The van der Waals surface area contributed by atoms with E-state index in [1.165, 1.54) is 4.85 Å². The van der Waals surface area contributed by atoms with E-state index >= 15 is 0 Å². The third kappa shape index (κ3) is 1.73. The van der Waals surface area contributed by atoms with Gasteiger partial charge in [0.15, 0.2) is 0 Å². The van der Waals surface area contributed by atoms with Crippen LogP contribution in [0.2, 0.25) is 0 Å². The van der Waals surface area contributed by atoms with E-state index in [9.17, 15) is 0 Å². The summed E-state index contributed by atoms with van der Waals surface area (Å²) in [5, 5.41) is 12.0. The maximum absolute atomic E-state index is 8.30. The van der Waals surface area contributed by atoms with Crippen LogP contribution in [-0.2, 0) is 0 Å². The van der Waals surface area contributed by atoms with Crippen molar-refractivity contribution in [2.45, 2.75) is 0 Å². The molecule has 0 aromatic carbocycles. The van der Waals surface area contributed by atoms with Gasteiger partial charge in [-0.15, -0.1) is 9.94 Å². The number of nitrogens with zero attached hydrogens (tertiary/aromatic N) is 2. The number of hydrogen-bond acceptors (Lipinski definition) is 3. The first-order valence-corrected chi connectivity index (χ1v) is 2.67. The smallest absolute Gasteiger partial charge is 0.140 e. The highest BCUT2D eigenvalue weighted by Gasteiger charge is 1.85. The number of aliphatic hydroxyl groups is 1. The van der Waals surface area contributed by atoms with Gasteiger partial charge < -0.3 is 9.94 Å². The fraction of sp³-hybridized carbons (Fsp3) is 0.400. The minimum atomic E-state index is 0.0137. The lowest BCUT2D eigenvalue weighted by molar-refractivity contribution is 0.0540. The van der Waals surface area contributed by atoms with Crippen molar-refractivity contribution in [2.24, 2.45) is 0 Å². The number of rotatable bonds is 3. The second kappa shape index (κ2) is 3.09. The fourth-order valence-electron chi connectivity index (χ4n) is 0.466. The minimum Gasteiger partial charge on any atom is -0.394 e. The summed E-state index contributed by atoms with van der Waals surface area (Å²) < 4.78 is 0. The van der Waals surface area contributed by atoms with Crippen molar-refractivity contribution in [3.8, 4) is 0 Å². The highest BCUT2D eigenvalue weighted by atomic mass is 16.7. The Balaban J connectivity index is 2.30. The van der Waals surface area contributed by atoms with Gasteiger partial charge in [0.2, 0.25) is 0 Å². The van der Waals surface area contributed by atoms with Crippen molar-refractivity contribution < 1.29 is 9.94 Å². The van der Waals surface area contributed by atoms with Gasteiger partial charge in [-0.2, -0.15) is 0 Å². The topological polar surface area (TPSA) is 47.3 Å². The van der Waals surface area contributed by atoms with E-state index in [-0.39, 0.29) is 13.2 Å². The Morgan fingerprint density at radius 2 is 2.56 bits per heavy atom. The Labute approximate surface area is 52.6 Å². The standard InChI is InChI=1S/C5H8N2O2/c8-4-5-9-7-3-1-2-6-7/h1-3,8H,4-5H2. The Morgan fingerprint density at radius 1 is 1.67 bits per heavy atom. The zero-order valence-corrected chi connectivity index (χ0v) is 4.90. The van der Waals surface area contributed by atoms with Crippen molar-refractivity contribution in [1.82, 2.24) is 9.94 Å². The first-order valence-electron chi connectivity index (χ1n) is 2.67. The van der Waals surface area contributed by atoms with E-state index in [0.29, 0.717) is 0 Å². The van der Waals surface area contributed by atoms with Crippen LogP contribution in [0.25, 0.3) is 0 Å². The lowest BCUT2D eigenvalue weighted by atomic mass is 10.8. The zero-order valence-electron chi connectivity index (χ0n) is 4.90. The van der Waals surface area contributed by atoms with Gasteiger partial charge >= 0.3 is 0 Å². The van der Waals surface area contributed by atoms with E-state index in [2.05, 4.69) is 5.10 Å². The molecule has 0 fully saturated rings. The molecule has 0 unspecified atom stereocenters. The Bertz CT molecular complexity index is 150. The first kappa shape index (κ1) is 6.10. The highest BCUT2D eigenvalue weighted by molar-refractivity contribution is 4.74. The molecule has 0 amide bonds. The molecule has 0 aliphatic carbocycles. The molecular formula is C5H8N2O2. The number of hydrogen-bond donors (Lipinski definition) is 1. The third-order valence-electron chi connectivity index (χ3n) is 0.795. The maximum atomic E-state index is 8.30. The van der Waals surface area contributed by atoms with Gasteiger partial charge in [0.25, 0.3) is 0 Å². The van der Waals surface area contributed by atoms with Gasteiger partial charge in [0.1, 0.15) is 6.61 Å². The predicted molar refractivity (Wildman–Crippen MR) is 30.8 cm³/mol. The Hall–Kier alpha value is -1.03. The van der Waals surface area contributed by atoms with Crippen molar-refractivity contribution in [3.63, 3.8) is 0 Å².